The number of carbonyl (C=O) groups is 1. The SMILES string of the molecule is Nc1c(C(=O)c2ccc(Cl)cc2)sc2nc3c(cc12)CN(Cc1ccccc1)CC3. The van der Waals surface area contributed by atoms with E-state index in [4.69, 9.17) is 22.3 Å². The Kier molecular flexibility index (Phi) is 5.03. The number of halogens is 1. The molecular formula is C24H20ClN3OS. The Labute approximate surface area is 183 Å². The maximum absolute atomic E-state index is 13.0. The van der Waals surface area contributed by atoms with Crippen LogP contribution in [0.4, 0.5) is 5.69 Å². The van der Waals surface area contributed by atoms with Gasteiger partial charge in [-0.3, -0.25) is 9.69 Å². The molecule has 0 saturated heterocycles. The zero-order valence-corrected chi connectivity index (χ0v) is 17.8. The summed E-state index contributed by atoms with van der Waals surface area (Å²) in [5.41, 5.74) is 11.1. The van der Waals surface area contributed by atoms with Crippen LogP contribution in [0.2, 0.25) is 5.02 Å². The first kappa shape index (κ1) is 19.2. The number of hydrogen-bond donors (Lipinski definition) is 1. The van der Waals surface area contributed by atoms with Crippen molar-refractivity contribution >= 4 is 44.6 Å². The van der Waals surface area contributed by atoms with Gasteiger partial charge in [0, 0.05) is 47.7 Å². The molecule has 0 aliphatic carbocycles. The number of thiophene rings is 1. The van der Waals surface area contributed by atoms with E-state index in [0.29, 0.717) is 21.2 Å². The first-order valence-electron chi connectivity index (χ1n) is 9.86. The first-order chi connectivity index (χ1) is 14.6. The van der Waals surface area contributed by atoms with Gasteiger partial charge in [0.05, 0.1) is 5.69 Å². The van der Waals surface area contributed by atoms with Gasteiger partial charge in [0.15, 0.2) is 0 Å². The fourth-order valence-corrected chi connectivity index (χ4v) is 5.12. The lowest BCUT2D eigenvalue weighted by atomic mass is 10.0. The second-order valence-electron chi connectivity index (χ2n) is 7.57. The number of fused-ring (bicyclic) bond motifs is 2. The molecule has 0 bridgehead atoms. The van der Waals surface area contributed by atoms with Gasteiger partial charge in [-0.1, -0.05) is 41.9 Å². The molecule has 0 radical (unpaired) electrons. The summed E-state index contributed by atoms with van der Waals surface area (Å²) < 4.78 is 0. The van der Waals surface area contributed by atoms with E-state index >= 15 is 0 Å². The topological polar surface area (TPSA) is 59.2 Å². The summed E-state index contributed by atoms with van der Waals surface area (Å²) in [4.78, 5) is 21.6. The average Bonchev–Trinajstić information content (AvgIpc) is 3.08. The summed E-state index contributed by atoms with van der Waals surface area (Å²) in [6.07, 6.45) is 0.899. The highest BCUT2D eigenvalue weighted by Gasteiger charge is 2.23. The molecule has 0 atom stereocenters. The lowest BCUT2D eigenvalue weighted by Gasteiger charge is -2.28. The van der Waals surface area contributed by atoms with Gasteiger partial charge < -0.3 is 5.73 Å². The molecule has 6 heteroatoms. The fourth-order valence-electron chi connectivity index (χ4n) is 3.93. The molecule has 2 N–H and O–H groups in total. The van der Waals surface area contributed by atoms with E-state index in [1.54, 1.807) is 24.3 Å². The van der Waals surface area contributed by atoms with E-state index in [1.807, 2.05) is 6.07 Å². The second kappa shape index (κ2) is 7.84. The van der Waals surface area contributed by atoms with Crippen LogP contribution in [0.15, 0.2) is 60.7 Å². The van der Waals surface area contributed by atoms with E-state index in [-0.39, 0.29) is 5.78 Å². The summed E-state index contributed by atoms with van der Waals surface area (Å²) in [5.74, 6) is -0.0872. The van der Waals surface area contributed by atoms with Gasteiger partial charge in [-0.15, -0.1) is 11.3 Å². The molecule has 150 valence electrons. The average molecular weight is 434 g/mol. The van der Waals surface area contributed by atoms with Crippen molar-refractivity contribution in [1.82, 2.24) is 9.88 Å². The molecule has 0 spiro atoms. The van der Waals surface area contributed by atoms with Crippen LogP contribution in [-0.2, 0) is 19.5 Å². The number of carbonyl (C=O) groups excluding carboxylic acids is 1. The third-order valence-corrected chi connectivity index (χ3v) is 6.88. The molecule has 0 saturated carbocycles. The summed E-state index contributed by atoms with van der Waals surface area (Å²) in [6, 6.07) is 19.5. The summed E-state index contributed by atoms with van der Waals surface area (Å²) in [6.45, 7) is 2.72. The monoisotopic (exact) mass is 433 g/mol. The van der Waals surface area contributed by atoms with Crippen molar-refractivity contribution in [2.24, 2.45) is 0 Å². The molecular weight excluding hydrogens is 414 g/mol. The summed E-state index contributed by atoms with van der Waals surface area (Å²) in [5, 5.41) is 1.47. The minimum Gasteiger partial charge on any atom is -0.397 e. The number of aromatic nitrogens is 1. The molecule has 0 unspecified atom stereocenters. The number of anilines is 1. The molecule has 5 rings (SSSR count). The molecule has 4 nitrogen and oxygen atoms in total. The minimum atomic E-state index is -0.0872. The molecule has 0 amide bonds. The van der Waals surface area contributed by atoms with Crippen LogP contribution in [0.1, 0.15) is 32.1 Å². The summed E-state index contributed by atoms with van der Waals surface area (Å²) in [7, 11) is 0. The van der Waals surface area contributed by atoms with Gasteiger partial charge in [-0.05, 0) is 41.5 Å². The van der Waals surface area contributed by atoms with Crippen molar-refractivity contribution in [3.63, 3.8) is 0 Å². The van der Waals surface area contributed by atoms with Crippen molar-refractivity contribution in [1.29, 1.82) is 0 Å². The van der Waals surface area contributed by atoms with E-state index in [9.17, 15) is 4.79 Å². The first-order valence-corrected chi connectivity index (χ1v) is 11.1. The lowest BCUT2D eigenvalue weighted by molar-refractivity contribution is 0.104. The largest absolute Gasteiger partial charge is 0.397 e. The Morgan fingerprint density at radius 3 is 2.67 bits per heavy atom. The molecule has 2 aromatic heterocycles. The van der Waals surface area contributed by atoms with Gasteiger partial charge >= 0.3 is 0 Å². The zero-order chi connectivity index (χ0) is 20.7. The molecule has 1 aliphatic rings. The van der Waals surface area contributed by atoms with Crippen LogP contribution in [0.5, 0.6) is 0 Å². The van der Waals surface area contributed by atoms with E-state index in [2.05, 4.69) is 35.2 Å². The quantitative estimate of drug-likeness (QED) is 0.442. The standard InChI is InChI=1S/C24H20ClN3OS/c25-18-8-6-16(7-9-18)22(29)23-21(26)19-12-17-14-28(13-15-4-2-1-3-5-15)11-10-20(17)27-24(19)30-23/h1-9,12H,10-11,13-14,26H2. The van der Waals surface area contributed by atoms with Crippen LogP contribution < -0.4 is 5.73 Å². The van der Waals surface area contributed by atoms with E-state index in [1.165, 1.54) is 22.5 Å². The highest BCUT2D eigenvalue weighted by Crippen LogP contribution is 2.36. The van der Waals surface area contributed by atoms with Crippen molar-refractivity contribution in [3.05, 3.63) is 92.9 Å². The number of rotatable bonds is 4. The van der Waals surface area contributed by atoms with Crippen LogP contribution in [0, 0.1) is 0 Å². The minimum absolute atomic E-state index is 0.0872. The maximum Gasteiger partial charge on any atom is 0.205 e. The molecule has 4 aromatic rings. The highest BCUT2D eigenvalue weighted by atomic mass is 35.5. The normalized spacial score (nSPS) is 14.0. The molecule has 1 aliphatic heterocycles. The number of nitrogens with zero attached hydrogens (tertiary/aromatic N) is 2. The van der Waals surface area contributed by atoms with Gasteiger partial charge in [0.1, 0.15) is 9.71 Å². The van der Waals surface area contributed by atoms with Crippen molar-refractivity contribution in [2.75, 3.05) is 12.3 Å². The summed E-state index contributed by atoms with van der Waals surface area (Å²) >= 11 is 7.32. The number of ketones is 1. The number of pyridine rings is 1. The highest BCUT2D eigenvalue weighted by molar-refractivity contribution is 7.21. The number of nitrogen functional groups attached to an aromatic ring is 1. The second-order valence-corrected chi connectivity index (χ2v) is 9.01. The predicted molar refractivity (Wildman–Crippen MR) is 123 cm³/mol. The number of hydrogen-bond acceptors (Lipinski definition) is 5. The Morgan fingerprint density at radius 2 is 1.90 bits per heavy atom. The van der Waals surface area contributed by atoms with Crippen LogP contribution in [0.25, 0.3) is 10.2 Å². The molecule has 0 fully saturated rings. The Balaban J connectivity index is 1.45. The van der Waals surface area contributed by atoms with Crippen molar-refractivity contribution < 1.29 is 4.79 Å². The third-order valence-electron chi connectivity index (χ3n) is 5.51. The van der Waals surface area contributed by atoms with Crippen molar-refractivity contribution in [3.8, 4) is 0 Å². The Bertz CT molecular complexity index is 1240. The number of nitrogens with two attached hydrogens (primary N) is 1. The van der Waals surface area contributed by atoms with E-state index < -0.39 is 0 Å². The molecule has 3 heterocycles. The smallest absolute Gasteiger partial charge is 0.205 e. The van der Waals surface area contributed by atoms with E-state index in [0.717, 1.165) is 42.0 Å². The lowest BCUT2D eigenvalue weighted by Crippen LogP contribution is -2.30. The molecule has 30 heavy (non-hydrogen) atoms. The predicted octanol–water partition coefficient (Wildman–Crippen LogP) is 5.32. The van der Waals surface area contributed by atoms with Crippen LogP contribution >= 0.6 is 22.9 Å². The van der Waals surface area contributed by atoms with Gasteiger partial charge in [0.25, 0.3) is 0 Å². The maximum atomic E-state index is 13.0. The van der Waals surface area contributed by atoms with Gasteiger partial charge in [0.2, 0.25) is 5.78 Å². The van der Waals surface area contributed by atoms with Gasteiger partial charge in [-0.25, -0.2) is 4.98 Å². The number of benzene rings is 2. The Hall–Kier alpha value is -2.73. The van der Waals surface area contributed by atoms with Crippen LogP contribution in [-0.4, -0.2) is 22.2 Å². The Morgan fingerprint density at radius 1 is 1.13 bits per heavy atom. The van der Waals surface area contributed by atoms with Crippen LogP contribution in [0.3, 0.4) is 0 Å². The zero-order valence-electron chi connectivity index (χ0n) is 16.3. The van der Waals surface area contributed by atoms with Crippen molar-refractivity contribution in [2.45, 2.75) is 19.5 Å². The van der Waals surface area contributed by atoms with Gasteiger partial charge in [-0.2, -0.15) is 0 Å². The molecule has 2 aromatic carbocycles. The third kappa shape index (κ3) is 3.60. The fraction of sp³-hybridized carbons (Fsp3) is 0.167.